The van der Waals surface area contributed by atoms with Crippen LogP contribution in [0.1, 0.15) is 27.2 Å². The molecule has 0 saturated carbocycles. The molecule has 1 fully saturated rings. The number of aromatic nitrogens is 4. The van der Waals surface area contributed by atoms with Gasteiger partial charge in [-0.1, -0.05) is 11.2 Å². The number of hydrogen-bond acceptors (Lipinski definition) is 6. The Bertz CT molecular complexity index is 522. The molecule has 0 unspecified atom stereocenters. The van der Waals surface area contributed by atoms with E-state index in [9.17, 15) is 4.79 Å². The van der Waals surface area contributed by atoms with E-state index in [1.807, 2.05) is 20.8 Å². The van der Waals surface area contributed by atoms with E-state index in [2.05, 4.69) is 27.0 Å². The van der Waals surface area contributed by atoms with Gasteiger partial charge < -0.3 is 14.5 Å². The predicted molar refractivity (Wildman–Crippen MR) is 82.7 cm³/mol. The molecule has 0 aromatic carbocycles. The summed E-state index contributed by atoms with van der Waals surface area (Å²) >= 11 is 0. The summed E-state index contributed by atoms with van der Waals surface area (Å²) in [7, 11) is 0. The van der Waals surface area contributed by atoms with Crippen molar-refractivity contribution >= 4 is 12.0 Å². The van der Waals surface area contributed by atoms with Crippen LogP contribution in [-0.2, 0) is 11.3 Å². The van der Waals surface area contributed by atoms with E-state index in [0.29, 0.717) is 32.1 Å². The minimum atomic E-state index is -0.475. The lowest BCUT2D eigenvalue weighted by Gasteiger charge is -2.26. The lowest BCUT2D eigenvalue weighted by atomic mass is 10.2. The molecule has 122 valence electrons. The predicted octanol–water partition coefficient (Wildman–Crippen LogP) is 1.31. The first-order chi connectivity index (χ1) is 10.4. The molecule has 1 aromatic rings. The van der Waals surface area contributed by atoms with Crippen molar-refractivity contribution in [3.05, 3.63) is 12.7 Å². The van der Waals surface area contributed by atoms with Crippen molar-refractivity contribution in [1.82, 2.24) is 25.1 Å². The first-order valence-electron chi connectivity index (χ1n) is 7.50. The molecule has 0 N–H and O–H groups in total. The fourth-order valence-corrected chi connectivity index (χ4v) is 2.29. The molecule has 22 heavy (non-hydrogen) atoms. The Kier molecular flexibility index (Phi) is 4.99. The number of amides is 1. The zero-order valence-corrected chi connectivity index (χ0v) is 13.5. The van der Waals surface area contributed by atoms with Crippen LogP contribution in [0.5, 0.6) is 0 Å². The SMILES string of the molecule is C=CCn1nnnc1N1CCCN(C(=O)OC(C)(C)C)CC1. The van der Waals surface area contributed by atoms with Crippen molar-refractivity contribution in [2.24, 2.45) is 0 Å². The summed E-state index contributed by atoms with van der Waals surface area (Å²) in [6.45, 7) is 12.6. The summed E-state index contributed by atoms with van der Waals surface area (Å²) < 4.78 is 7.14. The van der Waals surface area contributed by atoms with Crippen LogP contribution >= 0.6 is 0 Å². The highest BCUT2D eigenvalue weighted by Gasteiger charge is 2.25. The van der Waals surface area contributed by atoms with E-state index < -0.39 is 5.60 Å². The highest BCUT2D eigenvalue weighted by Crippen LogP contribution is 2.15. The first kappa shape index (κ1) is 16.3. The van der Waals surface area contributed by atoms with Gasteiger partial charge in [-0.3, -0.25) is 0 Å². The quantitative estimate of drug-likeness (QED) is 0.784. The molecule has 1 amide bonds. The second kappa shape index (κ2) is 6.76. The van der Waals surface area contributed by atoms with Crippen LogP contribution in [-0.4, -0.2) is 63.0 Å². The van der Waals surface area contributed by atoms with Crippen molar-refractivity contribution in [1.29, 1.82) is 0 Å². The van der Waals surface area contributed by atoms with Gasteiger partial charge in [0, 0.05) is 26.2 Å². The Hall–Kier alpha value is -2.12. The molecule has 0 atom stereocenters. The standard InChI is InChI=1S/C14H24N6O2/c1-5-7-20-12(15-16-17-20)18-8-6-9-19(11-10-18)13(21)22-14(2,3)4/h5H,1,6-11H2,2-4H3. The van der Waals surface area contributed by atoms with Crippen LogP contribution in [0, 0.1) is 0 Å². The van der Waals surface area contributed by atoms with Crippen molar-refractivity contribution in [3.63, 3.8) is 0 Å². The summed E-state index contributed by atoms with van der Waals surface area (Å²) in [6, 6.07) is 0. The van der Waals surface area contributed by atoms with Gasteiger partial charge >= 0.3 is 6.09 Å². The normalized spacial score (nSPS) is 16.3. The topological polar surface area (TPSA) is 76.4 Å². The number of tetrazole rings is 1. The average molecular weight is 308 g/mol. The Morgan fingerprint density at radius 1 is 1.32 bits per heavy atom. The third-order valence-electron chi connectivity index (χ3n) is 3.25. The van der Waals surface area contributed by atoms with Gasteiger partial charge in [0.15, 0.2) is 0 Å². The van der Waals surface area contributed by atoms with Crippen molar-refractivity contribution in [2.75, 3.05) is 31.1 Å². The molecule has 0 spiro atoms. The smallest absolute Gasteiger partial charge is 0.410 e. The maximum absolute atomic E-state index is 12.2. The molecule has 2 rings (SSSR count). The molecule has 1 aromatic heterocycles. The maximum Gasteiger partial charge on any atom is 0.410 e. The zero-order chi connectivity index (χ0) is 16.2. The largest absolute Gasteiger partial charge is 0.444 e. The maximum atomic E-state index is 12.2. The van der Waals surface area contributed by atoms with Crippen LogP contribution in [0.25, 0.3) is 0 Å². The van der Waals surface area contributed by atoms with Crippen LogP contribution in [0.15, 0.2) is 12.7 Å². The summed E-state index contributed by atoms with van der Waals surface area (Å²) in [6.07, 6.45) is 2.34. The lowest BCUT2D eigenvalue weighted by Crippen LogP contribution is -2.39. The van der Waals surface area contributed by atoms with Gasteiger partial charge in [-0.25, -0.2) is 9.48 Å². The van der Waals surface area contributed by atoms with E-state index in [1.54, 1.807) is 15.7 Å². The number of allylic oxidation sites excluding steroid dienone is 1. The van der Waals surface area contributed by atoms with E-state index >= 15 is 0 Å². The Morgan fingerprint density at radius 2 is 2.09 bits per heavy atom. The fraction of sp³-hybridized carbons (Fsp3) is 0.714. The summed E-state index contributed by atoms with van der Waals surface area (Å²) in [5, 5.41) is 11.7. The Morgan fingerprint density at radius 3 is 2.77 bits per heavy atom. The highest BCUT2D eigenvalue weighted by atomic mass is 16.6. The number of ether oxygens (including phenoxy) is 1. The Labute approximate surface area is 130 Å². The van der Waals surface area contributed by atoms with E-state index in [1.165, 1.54) is 0 Å². The molecule has 2 heterocycles. The molecule has 1 aliphatic heterocycles. The van der Waals surface area contributed by atoms with Crippen molar-refractivity contribution in [2.45, 2.75) is 39.3 Å². The van der Waals surface area contributed by atoms with Crippen LogP contribution in [0.3, 0.4) is 0 Å². The molecule has 1 aliphatic rings. The molecular formula is C14H24N6O2. The molecular weight excluding hydrogens is 284 g/mol. The van der Waals surface area contributed by atoms with Crippen LogP contribution < -0.4 is 4.90 Å². The number of rotatable bonds is 3. The highest BCUT2D eigenvalue weighted by molar-refractivity contribution is 5.68. The van der Waals surface area contributed by atoms with Gasteiger partial charge in [-0.05, 0) is 37.6 Å². The number of carbonyl (C=O) groups excluding carboxylic acids is 1. The lowest BCUT2D eigenvalue weighted by molar-refractivity contribution is 0.0263. The zero-order valence-electron chi connectivity index (χ0n) is 13.5. The molecule has 0 aliphatic carbocycles. The average Bonchev–Trinajstić information content (AvgIpc) is 2.73. The second-order valence-corrected chi connectivity index (χ2v) is 6.26. The van der Waals surface area contributed by atoms with E-state index in [4.69, 9.17) is 4.74 Å². The summed E-state index contributed by atoms with van der Waals surface area (Å²) in [5.41, 5.74) is -0.475. The second-order valence-electron chi connectivity index (χ2n) is 6.26. The van der Waals surface area contributed by atoms with Crippen molar-refractivity contribution in [3.8, 4) is 0 Å². The van der Waals surface area contributed by atoms with E-state index in [-0.39, 0.29) is 6.09 Å². The molecule has 1 saturated heterocycles. The number of anilines is 1. The van der Waals surface area contributed by atoms with Gasteiger partial charge in [0.1, 0.15) is 5.60 Å². The monoisotopic (exact) mass is 308 g/mol. The molecule has 8 nitrogen and oxygen atoms in total. The van der Waals surface area contributed by atoms with Crippen LogP contribution in [0.4, 0.5) is 10.7 Å². The summed E-state index contributed by atoms with van der Waals surface area (Å²) in [4.78, 5) is 16.0. The van der Waals surface area contributed by atoms with Gasteiger partial charge in [0.05, 0.1) is 6.54 Å². The third-order valence-corrected chi connectivity index (χ3v) is 3.25. The molecule has 0 bridgehead atoms. The molecule has 8 heteroatoms. The first-order valence-corrected chi connectivity index (χ1v) is 7.50. The Balaban J connectivity index is 1.99. The van der Waals surface area contributed by atoms with Crippen LogP contribution in [0.2, 0.25) is 0 Å². The van der Waals surface area contributed by atoms with Gasteiger partial charge in [-0.15, -0.1) is 6.58 Å². The van der Waals surface area contributed by atoms with Gasteiger partial charge in [0.25, 0.3) is 0 Å². The summed E-state index contributed by atoms with van der Waals surface area (Å²) in [5.74, 6) is 0.714. The molecule has 0 radical (unpaired) electrons. The van der Waals surface area contributed by atoms with Crippen molar-refractivity contribution < 1.29 is 9.53 Å². The van der Waals surface area contributed by atoms with Gasteiger partial charge in [-0.2, -0.15) is 0 Å². The van der Waals surface area contributed by atoms with E-state index in [0.717, 1.165) is 13.0 Å². The number of hydrogen-bond donors (Lipinski definition) is 0. The minimum absolute atomic E-state index is 0.264. The minimum Gasteiger partial charge on any atom is -0.444 e. The van der Waals surface area contributed by atoms with Gasteiger partial charge in [0.2, 0.25) is 5.95 Å². The number of nitrogens with zero attached hydrogens (tertiary/aromatic N) is 6. The fourth-order valence-electron chi connectivity index (χ4n) is 2.29. The number of carbonyl (C=O) groups is 1. The third kappa shape index (κ3) is 4.19.